The molecule has 6 nitrogen and oxygen atoms in total. The Morgan fingerprint density at radius 3 is 2.48 bits per heavy atom. The standard InChI is InChI=1S/C23H26N4O2/c1-27(2)15-14-25-23(28)22-16-20(12-13-24-22)26-19-8-10-21(11-9-19)29-17-18-6-4-3-5-7-18/h3-13,16H,14-15,17H2,1-2H3,(H,24,26)(H,25,28). The summed E-state index contributed by atoms with van der Waals surface area (Å²) < 4.78 is 5.81. The largest absolute Gasteiger partial charge is 0.489 e. The van der Waals surface area contributed by atoms with E-state index in [0.29, 0.717) is 18.8 Å². The van der Waals surface area contributed by atoms with Gasteiger partial charge in [-0.2, -0.15) is 0 Å². The van der Waals surface area contributed by atoms with Gasteiger partial charge >= 0.3 is 0 Å². The second kappa shape index (κ2) is 10.2. The fourth-order valence-corrected chi connectivity index (χ4v) is 2.66. The zero-order valence-corrected chi connectivity index (χ0v) is 16.8. The monoisotopic (exact) mass is 390 g/mol. The number of nitrogens with one attached hydrogen (secondary N) is 2. The van der Waals surface area contributed by atoms with Crippen molar-refractivity contribution < 1.29 is 9.53 Å². The highest BCUT2D eigenvalue weighted by Gasteiger charge is 2.08. The molecule has 1 amide bonds. The number of aromatic nitrogens is 1. The lowest BCUT2D eigenvalue weighted by Crippen LogP contribution is -2.31. The number of ether oxygens (including phenoxy) is 1. The number of rotatable bonds is 9. The van der Waals surface area contributed by atoms with E-state index in [0.717, 1.165) is 29.2 Å². The molecule has 0 saturated carbocycles. The Kier molecular flexibility index (Phi) is 7.19. The van der Waals surface area contributed by atoms with E-state index in [9.17, 15) is 4.79 Å². The summed E-state index contributed by atoms with van der Waals surface area (Å²) >= 11 is 0. The van der Waals surface area contributed by atoms with E-state index in [1.54, 1.807) is 12.3 Å². The predicted molar refractivity (Wildman–Crippen MR) is 116 cm³/mol. The van der Waals surface area contributed by atoms with Crippen LogP contribution < -0.4 is 15.4 Å². The Labute approximate surface area is 171 Å². The Hall–Kier alpha value is -3.38. The molecule has 150 valence electrons. The second-order valence-corrected chi connectivity index (χ2v) is 6.91. The van der Waals surface area contributed by atoms with Crippen molar-refractivity contribution in [1.82, 2.24) is 15.2 Å². The van der Waals surface area contributed by atoms with E-state index in [1.807, 2.05) is 79.7 Å². The molecular formula is C23H26N4O2. The number of carbonyl (C=O) groups excluding carboxylic acids is 1. The average molecular weight is 390 g/mol. The number of nitrogens with zero attached hydrogens (tertiary/aromatic N) is 2. The molecular weight excluding hydrogens is 364 g/mol. The number of amides is 1. The molecule has 0 radical (unpaired) electrons. The van der Waals surface area contributed by atoms with Crippen LogP contribution in [0.1, 0.15) is 16.1 Å². The minimum Gasteiger partial charge on any atom is -0.489 e. The highest BCUT2D eigenvalue weighted by atomic mass is 16.5. The topological polar surface area (TPSA) is 66.5 Å². The maximum atomic E-state index is 12.2. The summed E-state index contributed by atoms with van der Waals surface area (Å²) in [6.07, 6.45) is 1.63. The maximum absolute atomic E-state index is 12.2. The van der Waals surface area contributed by atoms with Crippen LogP contribution in [0.15, 0.2) is 72.9 Å². The first-order chi connectivity index (χ1) is 14.1. The van der Waals surface area contributed by atoms with Gasteiger partial charge in [0.25, 0.3) is 5.91 Å². The molecule has 29 heavy (non-hydrogen) atoms. The molecule has 0 saturated heterocycles. The normalized spacial score (nSPS) is 10.6. The number of pyridine rings is 1. The molecule has 0 aliphatic carbocycles. The van der Waals surface area contributed by atoms with Crippen LogP contribution in [-0.2, 0) is 6.61 Å². The summed E-state index contributed by atoms with van der Waals surface area (Å²) in [7, 11) is 3.93. The van der Waals surface area contributed by atoms with Crippen LogP contribution in [-0.4, -0.2) is 43.0 Å². The molecule has 0 aliphatic rings. The lowest BCUT2D eigenvalue weighted by Gasteiger charge is -2.11. The van der Waals surface area contributed by atoms with Gasteiger partial charge in [-0.25, -0.2) is 0 Å². The SMILES string of the molecule is CN(C)CCNC(=O)c1cc(Nc2ccc(OCc3ccccc3)cc2)ccn1. The number of benzene rings is 2. The maximum Gasteiger partial charge on any atom is 0.269 e. The van der Waals surface area contributed by atoms with Gasteiger partial charge in [-0.15, -0.1) is 0 Å². The van der Waals surface area contributed by atoms with Gasteiger partial charge in [0.05, 0.1) is 0 Å². The second-order valence-electron chi connectivity index (χ2n) is 6.91. The Morgan fingerprint density at radius 2 is 1.76 bits per heavy atom. The third-order valence-electron chi connectivity index (χ3n) is 4.23. The van der Waals surface area contributed by atoms with E-state index in [-0.39, 0.29) is 5.91 Å². The Bertz CT molecular complexity index is 912. The van der Waals surface area contributed by atoms with Gasteiger partial charge in [0, 0.05) is 30.7 Å². The van der Waals surface area contributed by atoms with Crippen molar-refractivity contribution in [3.63, 3.8) is 0 Å². The quantitative estimate of drug-likeness (QED) is 0.583. The van der Waals surface area contributed by atoms with Gasteiger partial charge in [0.1, 0.15) is 18.1 Å². The first-order valence-corrected chi connectivity index (χ1v) is 9.53. The molecule has 0 spiro atoms. The van der Waals surface area contributed by atoms with E-state index >= 15 is 0 Å². The molecule has 0 unspecified atom stereocenters. The summed E-state index contributed by atoms with van der Waals surface area (Å²) in [5.41, 5.74) is 3.22. The van der Waals surface area contributed by atoms with Gasteiger partial charge in [-0.05, 0) is 56.1 Å². The van der Waals surface area contributed by atoms with Crippen molar-refractivity contribution in [2.24, 2.45) is 0 Å². The van der Waals surface area contributed by atoms with E-state index in [1.165, 1.54) is 0 Å². The van der Waals surface area contributed by atoms with E-state index in [4.69, 9.17) is 4.74 Å². The third kappa shape index (κ3) is 6.62. The summed E-state index contributed by atoms with van der Waals surface area (Å²) in [4.78, 5) is 18.4. The minimum absolute atomic E-state index is 0.180. The zero-order chi connectivity index (χ0) is 20.5. The van der Waals surface area contributed by atoms with E-state index < -0.39 is 0 Å². The van der Waals surface area contributed by atoms with Crippen molar-refractivity contribution in [1.29, 1.82) is 0 Å². The third-order valence-corrected chi connectivity index (χ3v) is 4.23. The van der Waals surface area contributed by atoms with Crippen LogP contribution in [0.2, 0.25) is 0 Å². The molecule has 0 fully saturated rings. The van der Waals surface area contributed by atoms with Crippen LogP contribution in [0.5, 0.6) is 5.75 Å². The van der Waals surface area contributed by atoms with Crippen LogP contribution in [0.25, 0.3) is 0 Å². The molecule has 2 N–H and O–H groups in total. The molecule has 1 heterocycles. The Morgan fingerprint density at radius 1 is 1.00 bits per heavy atom. The molecule has 0 aliphatic heterocycles. The van der Waals surface area contributed by atoms with Crippen LogP contribution in [0, 0.1) is 0 Å². The summed E-state index contributed by atoms with van der Waals surface area (Å²) in [5, 5.41) is 6.16. The highest BCUT2D eigenvalue weighted by Crippen LogP contribution is 2.21. The molecule has 2 aromatic carbocycles. The number of likely N-dealkylation sites (N-methyl/N-ethyl adjacent to an activating group) is 1. The first-order valence-electron chi connectivity index (χ1n) is 9.53. The van der Waals surface area contributed by atoms with Gasteiger partial charge in [0.15, 0.2) is 0 Å². The van der Waals surface area contributed by atoms with Crippen LogP contribution in [0.3, 0.4) is 0 Å². The average Bonchev–Trinajstić information content (AvgIpc) is 2.74. The summed E-state index contributed by atoms with van der Waals surface area (Å²) in [6.45, 7) is 1.89. The number of hydrogen-bond acceptors (Lipinski definition) is 5. The molecule has 6 heteroatoms. The van der Waals surface area contributed by atoms with Crippen molar-refractivity contribution in [3.05, 3.63) is 84.2 Å². The summed E-state index contributed by atoms with van der Waals surface area (Å²) in [6, 6.07) is 21.3. The van der Waals surface area contributed by atoms with Gasteiger partial charge in [0.2, 0.25) is 0 Å². The minimum atomic E-state index is -0.180. The molecule has 3 rings (SSSR count). The molecule has 0 bridgehead atoms. The zero-order valence-electron chi connectivity index (χ0n) is 16.8. The number of hydrogen-bond donors (Lipinski definition) is 2. The van der Waals surface area contributed by atoms with Crippen LogP contribution in [0.4, 0.5) is 11.4 Å². The fourth-order valence-electron chi connectivity index (χ4n) is 2.66. The lowest BCUT2D eigenvalue weighted by atomic mass is 10.2. The fraction of sp³-hybridized carbons (Fsp3) is 0.217. The van der Waals surface area contributed by atoms with Crippen molar-refractivity contribution in [2.45, 2.75) is 6.61 Å². The number of carbonyl (C=O) groups is 1. The Balaban J connectivity index is 1.55. The van der Waals surface area contributed by atoms with Crippen LogP contribution >= 0.6 is 0 Å². The molecule has 3 aromatic rings. The lowest BCUT2D eigenvalue weighted by molar-refractivity contribution is 0.0946. The predicted octanol–water partition coefficient (Wildman–Crippen LogP) is 3.70. The van der Waals surface area contributed by atoms with Gasteiger partial charge in [-0.1, -0.05) is 30.3 Å². The van der Waals surface area contributed by atoms with Crippen molar-refractivity contribution in [2.75, 3.05) is 32.5 Å². The molecule has 0 atom stereocenters. The van der Waals surface area contributed by atoms with E-state index in [2.05, 4.69) is 15.6 Å². The summed E-state index contributed by atoms with van der Waals surface area (Å²) in [5.74, 6) is 0.621. The van der Waals surface area contributed by atoms with Gasteiger partial charge < -0.3 is 20.3 Å². The number of anilines is 2. The van der Waals surface area contributed by atoms with Gasteiger partial charge in [-0.3, -0.25) is 9.78 Å². The smallest absolute Gasteiger partial charge is 0.269 e. The van der Waals surface area contributed by atoms with Crippen molar-refractivity contribution in [3.8, 4) is 5.75 Å². The highest BCUT2D eigenvalue weighted by molar-refractivity contribution is 5.93. The first kappa shape index (κ1) is 20.4. The van der Waals surface area contributed by atoms with Crippen molar-refractivity contribution >= 4 is 17.3 Å². The molecule has 1 aromatic heterocycles.